The monoisotopic (exact) mass is 385 g/mol. The maximum Gasteiger partial charge on any atom is 0.282 e. The molecule has 0 radical (unpaired) electrons. The van der Waals surface area contributed by atoms with Crippen LogP contribution in [-0.2, 0) is 7.05 Å². The molecule has 0 aliphatic rings. The highest BCUT2D eigenvalue weighted by atomic mass is 79.9. The van der Waals surface area contributed by atoms with Gasteiger partial charge < -0.3 is 9.64 Å². The molecule has 7 heteroatoms. The zero-order valence-electron chi connectivity index (χ0n) is 12.4. The van der Waals surface area contributed by atoms with Gasteiger partial charge in [-0.25, -0.2) is 4.68 Å². The summed E-state index contributed by atoms with van der Waals surface area (Å²) in [6.07, 6.45) is 2.48. The van der Waals surface area contributed by atoms with Gasteiger partial charge in [0, 0.05) is 25.7 Å². The number of aryl methyl sites for hydroxylation is 1. The molecule has 0 bridgehead atoms. The van der Waals surface area contributed by atoms with E-state index in [1.54, 1.807) is 19.3 Å². The van der Waals surface area contributed by atoms with E-state index in [0.717, 1.165) is 24.4 Å². The van der Waals surface area contributed by atoms with Gasteiger partial charge in [-0.2, -0.15) is 5.10 Å². The summed E-state index contributed by atoms with van der Waals surface area (Å²) in [7, 11) is 3.54. The number of aromatic nitrogens is 2. The van der Waals surface area contributed by atoms with Gasteiger partial charge in [0.25, 0.3) is 5.56 Å². The summed E-state index contributed by atoms with van der Waals surface area (Å²) in [5.41, 5.74) is 0.616. The SMILES string of the molecule is CN(CCCOc1cccc(Cl)c1)c1cnn(C)c(=O)c1Br. The van der Waals surface area contributed by atoms with E-state index >= 15 is 0 Å². The molecule has 2 aromatic rings. The van der Waals surface area contributed by atoms with Crippen LogP contribution in [0.4, 0.5) is 5.69 Å². The molecule has 0 atom stereocenters. The number of nitrogens with zero attached hydrogens (tertiary/aromatic N) is 3. The van der Waals surface area contributed by atoms with Crippen molar-refractivity contribution >= 4 is 33.2 Å². The molecule has 0 amide bonds. The van der Waals surface area contributed by atoms with Crippen molar-refractivity contribution in [3.05, 3.63) is 50.3 Å². The first kappa shape index (κ1) is 16.8. The van der Waals surface area contributed by atoms with Gasteiger partial charge in [0.15, 0.2) is 0 Å². The highest BCUT2D eigenvalue weighted by Crippen LogP contribution is 2.20. The van der Waals surface area contributed by atoms with Gasteiger partial charge in [-0.15, -0.1) is 0 Å². The maximum atomic E-state index is 11.8. The van der Waals surface area contributed by atoms with Crippen LogP contribution in [0.3, 0.4) is 0 Å². The van der Waals surface area contributed by atoms with E-state index in [0.29, 0.717) is 16.1 Å². The highest BCUT2D eigenvalue weighted by molar-refractivity contribution is 9.10. The zero-order valence-corrected chi connectivity index (χ0v) is 14.8. The summed E-state index contributed by atoms with van der Waals surface area (Å²) >= 11 is 9.23. The van der Waals surface area contributed by atoms with E-state index in [9.17, 15) is 4.79 Å². The Morgan fingerprint density at radius 1 is 1.45 bits per heavy atom. The first-order valence-electron chi connectivity index (χ1n) is 6.80. The number of halogens is 2. The van der Waals surface area contributed by atoms with Gasteiger partial charge in [-0.3, -0.25) is 4.79 Å². The minimum Gasteiger partial charge on any atom is -0.493 e. The standard InChI is InChI=1S/C15H17BrClN3O2/c1-19(13-10-18-20(2)15(21)14(13)16)7-4-8-22-12-6-3-5-11(17)9-12/h3,5-6,9-10H,4,7-8H2,1-2H3. The lowest BCUT2D eigenvalue weighted by Crippen LogP contribution is -2.27. The van der Waals surface area contributed by atoms with E-state index in [1.807, 2.05) is 30.1 Å². The fraction of sp³-hybridized carbons (Fsp3) is 0.333. The molecule has 0 unspecified atom stereocenters. The van der Waals surface area contributed by atoms with Gasteiger partial charge in [0.1, 0.15) is 10.2 Å². The minimum absolute atomic E-state index is 0.153. The van der Waals surface area contributed by atoms with Crippen molar-refractivity contribution in [1.82, 2.24) is 9.78 Å². The number of ether oxygens (including phenoxy) is 1. The average molecular weight is 387 g/mol. The van der Waals surface area contributed by atoms with Crippen LogP contribution in [0.1, 0.15) is 6.42 Å². The summed E-state index contributed by atoms with van der Waals surface area (Å²) in [6, 6.07) is 7.32. The summed E-state index contributed by atoms with van der Waals surface area (Å²) in [5.74, 6) is 0.756. The first-order chi connectivity index (χ1) is 10.5. The van der Waals surface area contributed by atoms with Crippen LogP contribution in [-0.4, -0.2) is 30.0 Å². The largest absolute Gasteiger partial charge is 0.493 e. The van der Waals surface area contributed by atoms with Gasteiger partial charge in [-0.05, 0) is 40.5 Å². The number of hydrogen-bond donors (Lipinski definition) is 0. The van der Waals surface area contributed by atoms with Gasteiger partial charge in [0.2, 0.25) is 0 Å². The molecule has 1 aromatic heterocycles. The van der Waals surface area contributed by atoms with Crippen molar-refractivity contribution in [2.24, 2.45) is 7.05 Å². The van der Waals surface area contributed by atoms with Crippen LogP contribution in [0.25, 0.3) is 0 Å². The molecule has 0 saturated carbocycles. The second-order valence-electron chi connectivity index (χ2n) is 4.85. The van der Waals surface area contributed by atoms with E-state index in [4.69, 9.17) is 16.3 Å². The van der Waals surface area contributed by atoms with E-state index < -0.39 is 0 Å². The van der Waals surface area contributed by atoms with Crippen LogP contribution in [0.2, 0.25) is 5.02 Å². The molecule has 118 valence electrons. The number of rotatable bonds is 6. The molecule has 2 rings (SSSR count). The topological polar surface area (TPSA) is 47.4 Å². The molecule has 0 saturated heterocycles. The fourth-order valence-electron chi connectivity index (χ4n) is 1.94. The molecular formula is C15H17BrClN3O2. The first-order valence-corrected chi connectivity index (χ1v) is 7.97. The van der Waals surface area contributed by atoms with Crippen LogP contribution < -0.4 is 15.2 Å². The molecule has 1 heterocycles. The molecule has 0 N–H and O–H groups in total. The average Bonchev–Trinajstić information content (AvgIpc) is 2.49. The maximum absolute atomic E-state index is 11.8. The lowest BCUT2D eigenvalue weighted by atomic mass is 10.3. The Morgan fingerprint density at radius 3 is 2.95 bits per heavy atom. The lowest BCUT2D eigenvalue weighted by molar-refractivity contribution is 0.312. The second kappa shape index (κ2) is 7.65. The molecule has 1 aromatic carbocycles. The third-order valence-corrected chi connectivity index (χ3v) is 4.15. The van der Waals surface area contributed by atoms with Crippen molar-refractivity contribution in [2.75, 3.05) is 25.1 Å². The van der Waals surface area contributed by atoms with Gasteiger partial charge in [0.05, 0.1) is 18.5 Å². The summed E-state index contributed by atoms with van der Waals surface area (Å²) in [5, 5.41) is 4.69. The fourth-order valence-corrected chi connectivity index (χ4v) is 2.78. The number of hydrogen-bond acceptors (Lipinski definition) is 4. The predicted octanol–water partition coefficient (Wildman–Crippen LogP) is 3.10. The van der Waals surface area contributed by atoms with E-state index in [-0.39, 0.29) is 5.56 Å². The summed E-state index contributed by atoms with van der Waals surface area (Å²) < 4.78 is 7.45. The van der Waals surface area contributed by atoms with Crippen molar-refractivity contribution in [1.29, 1.82) is 0 Å². The molecule has 0 fully saturated rings. The van der Waals surface area contributed by atoms with Crippen molar-refractivity contribution in [3.63, 3.8) is 0 Å². The Morgan fingerprint density at radius 2 is 2.23 bits per heavy atom. The third-order valence-electron chi connectivity index (χ3n) is 3.17. The molecule has 0 aliphatic heterocycles. The van der Waals surface area contributed by atoms with Crippen LogP contribution in [0.5, 0.6) is 5.75 Å². The number of benzene rings is 1. The van der Waals surface area contributed by atoms with Crippen molar-refractivity contribution < 1.29 is 4.74 Å². The van der Waals surface area contributed by atoms with Crippen molar-refractivity contribution in [2.45, 2.75) is 6.42 Å². The van der Waals surface area contributed by atoms with Crippen molar-refractivity contribution in [3.8, 4) is 5.75 Å². The minimum atomic E-state index is -0.153. The highest BCUT2D eigenvalue weighted by Gasteiger charge is 2.10. The second-order valence-corrected chi connectivity index (χ2v) is 6.08. The van der Waals surface area contributed by atoms with E-state index in [2.05, 4.69) is 21.0 Å². The van der Waals surface area contributed by atoms with Gasteiger partial charge in [-0.1, -0.05) is 17.7 Å². The molecule has 22 heavy (non-hydrogen) atoms. The van der Waals surface area contributed by atoms with Gasteiger partial charge >= 0.3 is 0 Å². The molecular weight excluding hydrogens is 370 g/mol. The Kier molecular flexibility index (Phi) is 5.85. The quantitative estimate of drug-likeness (QED) is 0.716. The Labute approximate surface area is 142 Å². The van der Waals surface area contributed by atoms with E-state index in [1.165, 1.54) is 4.68 Å². The Bertz CT molecular complexity index is 705. The smallest absolute Gasteiger partial charge is 0.282 e. The Hall–Kier alpha value is -1.53. The normalized spacial score (nSPS) is 10.5. The summed E-state index contributed by atoms with van der Waals surface area (Å²) in [4.78, 5) is 13.8. The molecule has 0 aliphatic carbocycles. The molecule has 5 nitrogen and oxygen atoms in total. The lowest BCUT2D eigenvalue weighted by Gasteiger charge is -2.20. The van der Waals surface area contributed by atoms with Crippen LogP contribution in [0.15, 0.2) is 39.7 Å². The number of anilines is 1. The zero-order chi connectivity index (χ0) is 16.1. The van der Waals surface area contributed by atoms with Crippen LogP contribution in [0, 0.1) is 0 Å². The predicted molar refractivity (Wildman–Crippen MR) is 92.0 cm³/mol. The summed E-state index contributed by atoms with van der Waals surface area (Å²) in [6.45, 7) is 1.31. The van der Waals surface area contributed by atoms with Crippen LogP contribution >= 0.6 is 27.5 Å². The third kappa shape index (κ3) is 4.24. The Balaban J connectivity index is 1.87. The molecule has 0 spiro atoms.